The first kappa shape index (κ1) is 18.9. The third-order valence-electron chi connectivity index (χ3n) is 4.32. The van der Waals surface area contributed by atoms with Gasteiger partial charge in [-0.3, -0.25) is 9.59 Å². The number of hydrogen-bond acceptors (Lipinski definition) is 5. The molecule has 146 valence electrons. The summed E-state index contributed by atoms with van der Waals surface area (Å²) in [5.74, 6) is -0.738. The van der Waals surface area contributed by atoms with Crippen molar-refractivity contribution in [1.82, 2.24) is 14.8 Å². The van der Waals surface area contributed by atoms with Crippen molar-refractivity contribution < 1.29 is 9.18 Å². The molecule has 0 atom stereocenters. The molecule has 0 aliphatic rings. The predicted octanol–water partition coefficient (Wildman–Crippen LogP) is 3.91. The third-order valence-corrected chi connectivity index (χ3v) is 5.30. The average molecular weight is 408 g/mol. The first-order valence-electron chi connectivity index (χ1n) is 8.91. The summed E-state index contributed by atoms with van der Waals surface area (Å²) in [6, 6.07) is 13.2. The van der Waals surface area contributed by atoms with Gasteiger partial charge >= 0.3 is 0 Å². The van der Waals surface area contributed by atoms with Crippen molar-refractivity contribution in [3.05, 3.63) is 75.3 Å². The monoisotopic (exact) mass is 408 g/mol. The Labute approximate surface area is 169 Å². The standard InChI is InChI=1S/C21H17FN4O2S/c1-12-4-3-5-16(10-12)24-17(27)11-26-21(28)19-20(29-13(2)23-19)18(25-26)14-6-8-15(22)9-7-14/h3-10H,11H2,1-2H3,(H,24,27). The zero-order chi connectivity index (χ0) is 20.5. The van der Waals surface area contributed by atoms with Crippen molar-refractivity contribution in [3.63, 3.8) is 0 Å². The third kappa shape index (κ3) is 3.93. The molecule has 0 saturated carbocycles. The lowest BCUT2D eigenvalue weighted by Crippen LogP contribution is -2.30. The lowest BCUT2D eigenvalue weighted by atomic mass is 10.1. The van der Waals surface area contributed by atoms with Gasteiger partial charge in [0, 0.05) is 11.3 Å². The quantitative estimate of drug-likeness (QED) is 0.555. The molecule has 1 amide bonds. The zero-order valence-electron chi connectivity index (χ0n) is 15.8. The van der Waals surface area contributed by atoms with Crippen molar-refractivity contribution in [1.29, 1.82) is 0 Å². The number of nitrogens with one attached hydrogen (secondary N) is 1. The molecule has 0 radical (unpaired) electrons. The minimum absolute atomic E-state index is 0.255. The number of benzene rings is 2. The highest BCUT2D eigenvalue weighted by Gasteiger charge is 2.18. The van der Waals surface area contributed by atoms with E-state index in [1.54, 1.807) is 25.1 Å². The van der Waals surface area contributed by atoms with Gasteiger partial charge in [-0.25, -0.2) is 14.1 Å². The second-order valence-electron chi connectivity index (χ2n) is 6.65. The van der Waals surface area contributed by atoms with Crippen molar-refractivity contribution in [2.24, 2.45) is 0 Å². The Morgan fingerprint density at radius 2 is 1.93 bits per heavy atom. The predicted molar refractivity (Wildman–Crippen MR) is 112 cm³/mol. The van der Waals surface area contributed by atoms with Crippen LogP contribution >= 0.6 is 11.3 Å². The smallest absolute Gasteiger partial charge is 0.294 e. The van der Waals surface area contributed by atoms with Gasteiger partial charge in [-0.15, -0.1) is 11.3 Å². The van der Waals surface area contributed by atoms with Gasteiger partial charge in [0.2, 0.25) is 5.91 Å². The van der Waals surface area contributed by atoms with Gasteiger partial charge < -0.3 is 5.32 Å². The van der Waals surface area contributed by atoms with Crippen LogP contribution in [0.1, 0.15) is 10.6 Å². The molecule has 1 N–H and O–H groups in total. The molecular weight excluding hydrogens is 391 g/mol. The molecular formula is C21H17FN4O2S. The van der Waals surface area contributed by atoms with Crippen molar-refractivity contribution >= 4 is 33.1 Å². The van der Waals surface area contributed by atoms with E-state index in [-0.39, 0.29) is 23.8 Å². The second-order valence-corrected chi connectivity index (χ2v) is 7.85. The van der Waals surface area contributed by atoms with Crippen LogP contribution in [-0.4, -0.2) is 20.7 Å². The molecule has 8 heteroatoms. The number of amides is 1. The van der Waals surface area contributed by atoms with E-state index in [2.05, 4.69) is 15.4 Å². The number of anilines is 1. The van der Waals surface area contributed by atoms with E-state index >= 15 is 0 Å². The number of aromatic nitrogens is 3. The molecule has 0 saturated heterocycles. The van der Waals surface area contributed by atoms with E-state index in [1.165, 1.54) is 23.5 Å². The van der Waals surface area contributed by atoms with E-state index in [1.807, 2.05) is 25.1 Å². The molecule has 6 nitrogen and oxygen atoms in total. The molecule has 2 heterocycles. The van der Waals surface area contributed by atoms with Crippen LogP contribution in [0.2, 0.25) is 0 Å². The summed E-state index contributed by atoms with van der Waals surface area (Å²) in [5, 5.41) is 7.89. The molecule has 0 bridgehead atoms. The maximum absolute atomic E-state index is 13.3. The van der Waals surface area contributed by atoms with Gasteiger partial charge in [0.1, 0.15) is 18.1 Å². The fourth-order valence-electron chi connectivity index (χ4n) is 3.03. The number of halogens is 1. The topological polar surface area (TPSA) is 76.9 Å². The highest BCUT2D eigenvalue weighted by Crippen LogP contribution is 2.29. The van der Waals surface area contributed by atoms with Crippen LogP contribution in [-0.2, 0) is 11.3 Å². The lowest BCUT2D eigenvalue weighted by Gasteiger charge is -2.10. The fourth-order valence-corrected chi connectivity index (χ4v) is 3.95. The average Bonchev–Trinajstić information content (AvgIpc) is 3.07. The first-order chi connectivity index (χ1) is 13.9. The summed E-state index contributed by atoms with van der Waals surface area (Å²) in [6.07, 6.45) is 0. The number of nitrogens with zero attached hydrogens (tertiary/aromatic N) is 3. The van der Waals surface area contributed by atoms with Crippen LogP contribution in [0.4, 0.5) is 10.1 Å². The Morgan fingerprint density at radius 3 is 2.66 bits per heavy atom. The SMILES string of the molecule is Cc1cccc(NC(=O)Cn2nc(-c3ccc(F)cc3)c3sc(C)nc3c2=O)c1. The maximum atomic E-state index is 13.3. The van der Waals surface area contributed by atoms with E-state index in [0.717, 1.165) is 10.2 Å². The maximum Gasteiger partial charge on any atom is 0.294 e. The van der Waals surface area contributed by atoms with Crippen molar-refractivity contribution in [3.8, 4) is 11.3 Å². The lowest BCUT2D eigenvalue weighted by molar-refractivity contribution is -0.117. The first-order valence-corrected chi connectivity index (χ1v) is 9.73. The van der Waals surface area contributed by atoms with Gasteiger partial charge in [-0.05, 0) is 55.8 Å². The number of aryl methyl sites for hydroxylation is 2. The molecule has 0 unspecified atom stereocenters. The van der Waals surface area contributed by atoms with E-state index in [9.17, 15) is 14.0 Å². The normalized spacial score (nSPS) is 11.0. The van der Waals surface area contributed by atoms with Gasteiger partial charge in [0.25, 0.3) is 5.56 Å². The van der Waals surface area contributed by atoms with E-state index < -0.39 is 5.56 Å². The van der Waals surface area contributed by atoms with E-state index in [0.29, 0.717) is 26.7 Å². The summed E-state index contributed by atoms with van der Waals surface area (Å²) in [7, 11) is 0. The molecule has 4 aromatic rings. The molecule has 0 spiro atoms. The number of rotatable bonds is 4. The van der Waals surface area contributed by atoms with Crippen LogP contribution in [0.5, 0.6) is 0 Å². The Bertz CT molecular complexity index is 1280. The molecule has 2 aromatic heterocycles. The van der Waals surface area contributed by atoms with Crippen LogP contribution in [0.25, 0.3) is 21.5 Å². The molecule has 2 aromatic carbocycles. The van der Waals surface area contributed by atoms with Crippen molar-refractivity contribution in [2.45, 2.75) is 20.4 Å². The highest BCUT2D eigenvalue weighted by molar-refractivity contribution is 7.19. The molecule has 0 aliphatic carbocycles. The van der Waals surface area contributed by atoms with Crippen LogP contribution in [0.15, 0.2) is 53.3 Å². The second kappa shape index (κ2) is 7.56. The molecule has 0 fully saturated rings. The summed E-state index contributed by atoms with van der Waals surface area (Å²) in [5.41, 5.74) is 2.62. The molecule has 0 aliphatic heterocycles. The number of carbonyl (C=O) groups is 1. The summed E-state index contributed by atoms with van der Waals surface area (Å²) in [4.78, 5) is 29.6. The van der Waals surface area contributed by atoms with Gasteiger partial charge in [-0.1, -0.05) is 12.1 Å². The van der Waals surface area contributed by atoms with Gasteiger partial charge in [-0.2, -0.15) is 5.10 Å². The minimum Gasteiger partial charge on any atom is -0.324 e. The number of carbonyl (C=O) groups excluding carboxylic acids is 1. The summed E-state index contributed by atoms with van der Waals surface area (Å²) >= 11 is 1.34. The van der Waals surface area contributed by atoms with Crippen LogP contribution in [0.3, 0.4) is 0 Å². The van der Waals surface area contributed by atoms with Crippen LogP contribution in [0, 0.1) is 19.7 Å². The largest absolute Gasteiger partial charge is 0.324 e. The van der Waals surface area contributed by atoms with Crippen LogP contribution < -0.4 is 10.9 Å². The Hall–Kier alpha value is -3.39. The van der Waals surface area contributed by atoms with E-state index in [4.69, 9.17) is 0 Å². The zero-order valence-corrected chi connectivity index (χ0v) is 16.6. The molecule has 29 heavy (non-hydrogen) atoms. The Kier molecular flexibility index (Phi) is 4.94. The highest BCUT2D eigenvalue weighted by atomic mass is 32.1. The van der Waals surface area contributed by atoms with Crippen molar-refractivity contribution in [2.75, 3.05) is 5.32 Å². The summed E-state index contributed by atoms with van der Waals surface area (Å²) < 4.78 is 15.1. The Balaban J connectivity index is 1.74. The minimum atomic E-state index is -0.436. The summed E-state index contributed by atoms with van der Waals surface area (Å²) in [6.45, 7) is 3.47. The number of hydrogen-bond donors (Lipinski definition) is 1. The van der Waals surface area contributed by atoms with Gasteiger partial charge in [0.15, 0.2) is 5.52 Å². The fraction of sp³-hybridized carbons (Fsp3) is 0.143. The molecule has 4 rings (SSSR count). The Morgan fingerprint density at radius 1 is 1.17 bits per heavy atom. The number of thiazole rings is 1. The van der Waals surface area contributed by atoms with Gasteiger partial charge in [0.05, 0.1) is 9.71 Å². The number of fused-ring (bicyclic) bond motifs is 1.